The fourth-order valence-electron chi connectivity index (χ4n) is 1.65. The first kappa shape index (κ1) is 16.7. The lowest BCUT2D eigenvalue weighted by Crippen LogP contribution is -2.31. The summed E-state index contributed by atoms with van der Waals surface area (Å²) in [5.41, 5.74) is -0.145. The highest BCUT2D eigenvalue weighted by Crippen LogP contribution is 2.31. The van der Waals surface area contributed by atoms with Crippen molar-refractivity contribution in [3.8, 4) is 0 Å². The van der Waals surface area contributed by atoms with Gasteiger partial charge in [0.2, 0.25) is 0 Å². The monoisotopic (exact) mass is 304 g/mol. The van der Waals surface area contributed by atoms with E-state index >= 15 is 0 Å². The van der Waals surface area contributed by atoms with Gasteiger partial charge in [-0.25, -0.2) is 4.39 Å². The Hall–Kier alpha value is -1.40. The van der Waals surface area contributed by atoms with Gasteiger partial charge >= 0.3 is 0 Å². The highest BCUT2D eigenvalue weighted by molar-refractivity contribution is 6.31. The number of nitro groups is 1. The molecule has 0 aliphatic rings. The number of halogens is 2. The molecule has 0 radical (unpaired) electrons. The molecule has 0 amide bonds. The SMILES string of the molecule is CCOCC(Nc1cc(F)c(Cl)cc1[N+](=O)[O-])C(C)C. The molecule has 112 valence electrons. The number of ether oxygens (including phenoxy) is 1. The van der Waals surface area contributed by atoms with Crippen LogP contribution in [0.2, 0.25) is 5.02 Å². The van der Waals surface area contributed by atoms with Crippen LogP contribution in [0.3, 0.4) is 0 Å². The summed E-state index contributed by atoms with van der Waals surface area (Å²) < 4.78 is 18.8. The molecule has 20 heavy (non-hydrogen) atoms. The summed E-state index contributed by atoms with van der Waals surface area (Å²) >= 11 is 5.58. The number of anilines is 1. The van der Waals surface area contributed by atoms with Crippen molar-refractivity contribution in [2.75, 3.05) is 18.5 Å². The van der Waals surface area contributed by atoms with Crippen molar-refractivity contribution in [3.63, 3.8) is 0 Å². The van der Waals surface area contributed by atoms with E-state index in [9.17, 15) is 14.5 Å². The van der Waals surface area contributed by atoms with Gasteiger partial charge in [-0.05, 0) is 12.8 Å². The van der Waals surface area contributed by atoms with Gasteiger partial charge in [-0.1, -0.05) is 25.4 Å². The molecule has 0 aliphatic heterocycles. The summed E-state index contributed by atoms with van der Waals surface area (Å²) in [5, 5.41) is 13.7. The van der Waals surface area contributed by atoms with E-state index in [0.717, 1.165) is 12.1 Å². The van der Waals surface area contributed by atoms with Crippen LogP contribution in [-0.4, -0.2) is 24.2 Å². The van der Waals surface area contributed by atoms with Gasteiger partial charge in [0.15, 0.2) is 0 Å². The van der Waals surface area contributed by atoms with Crippen molar-refractivity contribution >= 4 is 23.0 Å². The van der Waals surface area contributed by atoms with Gasteiger partial charge in [0.1, 0.15) is 11.5 Å². The largest absolute Gasteiger partial charge is 0.380 e. The molecule has 0 aliphatic carbocycles. The maximum Gasteiger partial charge on any atom is 0.294 e. The topological polar surface area (TPSA) is 64.4 Å². The second kappa shape index (κ2) is 7.40. The third kappa shape index (κ3) is 4.31. The first-order valence-corrected chi connectivity index (χ1v) is 6.72. The van der Waals surface area contributed by atoms with Gasteiger partial charge in [-0.3, -0.25) is 10.1 Å². The highest BCUT2D eigenvalue weighted by Gasteiger charge is 2.22. The van der Waals surface area contributed by atoms with E-state index in [-0.39, 0.29) is 28.4 Å². The Morgan fingerprint density at radius 1 is 1.50 bits per heavy atom. The Morgan fingerprint density at radius 2 is 2.15 bits per heavy atom. The Morgan fingerprint density at radius 3 is 2.65 bits per heavy atom. The van der Waals surface area contributed by atoms with Crippen molar-refractivity contribution in [1.29, 1.82) is 0 Å². The van der Waals surface area contributed by atoms with Gasteiger partial charge in [0.25, 0.3) is 5.69 Å². The number of nitro benzene ring substituents is 1. The van der Waals surface area contributed by atoms with E-state index in [1.54, 1.807) is 0 Å². The van der Waals surface area contributed by atoms with Crippen LogP contribution in [0.4, 0.5) is 15.8 Å². The Balaban J connectivity index is 3.04. The number of nitrogens with one attached hydrogen (secondary N) is 1. The molecule has 0 aromatic heterocycles. The van der Waals surface area contributed by atoms with Gasteiger partial charge < -0.3 is 10.1 Å². The Kier molecular flexibility index (Phi) is 6.16. The minimum Gasteiger partial charge on any atom is -0.380 e. The zero-order valence-corrected chi connectivity index (χ0v) is 12.4. The average molecular weight is 305 g/mol. The van der Waals surface area contributed by atoms with Crippen molar-refractivity contribution in [3.05, 3.63) is 33.1 Å². The van der Waals surface area contributed by atoms with Crippen LogP contribution in [0.15, 0.2) is 12.1 Å². The number of hydrogen-bond acceptors (Lipinski definition) is 4. The summed E-state index contributed by atoms with van der Waals surface area (Å²) in [5.74, 6) is -0.529. The standard InChI is InChI=1S/C13H18ClFN2O3/c1-4-20-7-12(8(2)3)16-11-6-10(15)9(14)5-13(11)17(18)19/h5-6,8,12,16H,4,7H2,1-3H3. The first-order chi connectivity index (χ1) is 9.36. The summed E-state index contributed by atoms with van der Waals surface area (Å²) in [6, 6.07) is 1.90. The molecule has 0 heterocycles. The highest BCUT2D eigenvalue weighted by atomic mass is 35.5. The lowest BCUT2D eigenvalue weighted by atomic mass is 10.0. The molecule has 1 aromatic carbocycles. The van der Waals surface area contributed by atoms with Crippen LogP contribution in [0, 0.1) is 21.8 Å². The molecule has 1 unspecified atom stereocenters. The quantitative estimate of drug-likeness (QED) is 0.613. The predicted molar refractivity (Wildman–Crippen MR) is 76.8 cm³/mol. The second-order valence-electron chi connectivity index (χ2n) is 4.69. The lowest BCUT2D eigenvalue weighted by Gasteiger charge is -2.23. The van der Waals surface area contributed by atoms with E-state index in [1.165, 1.54) is 0 Å². The molecule has 0 spiro atoms. The van der Waals surface area contributed by atoms with Crippen LogP contribution in [0.5, 0.6) is 0 Å². The van der Waals surface area contributed by atoms with E-state index < -0.39 is 10.7 Å². The molecular formula is C13H18ClFN2O3. The summed E-state index contributed by atoms with van der Waals surface area (Å²) in [4.78, 5) is 10.4. The van der Waals surface area contributed by atoms with Gasteiger partial charge in [0.05, 0.1) is 22.6 Å². The van der Waals surface area contributed by atoms with Gasteiger partial charge in [-0.15, -0.1) is 0 Å². The molecule has 1 atom stereocenters. The molecular weight excluding hydrogens is 287 g/mol. The maximum absolute atomic E-state index is 13.5. The zero-order chi connectivity index (χ0) is 15.3. The zero-order valence-electron chi connectivity index (χ0n) is 11.7. The van der Waals surface area contributed by atoms with E-state index in [4.69, 9.17) is 16.3 Å². The lowest BCUT2D eigenvalue weighted by molar-refractivity contribution is -0.384. The van der Waals surface area contributed by atoms with Gasteiger partial charge in [-0.2, -0.15) is 0 Å². The molecule has 5 nitrogen and oxygen atoms in total. The minimum atomic E-state index is -0.696. The van der Waals surface area contributed by atoms with Crippen molar-refractivity contribution in [2.24, 2.45) is 5.92 Å². The van der Waals surface area contributed by atoms with Gasteiger partial charge in [0, 0.05) is 18.7 Å². The molecule has 1 aromatic rings. The number of rotatable bonds is 7. The fourth-order valence-corrected chi connectivity index (χ4v) is 1.81. The average Bonchev–Trinajstić information content (AvgIpc) is 2.37. The van der Waals surface area contributed by atoms with E-state index in [1.807, 2.05) is 20.8 Å². The minimum absolute atomic E-state index is 0.107. The van der Waals surface area contributed by atoms with E-state index in [2.05, 4.69) is 5.32 Å². The third-order valence-electron chi connectivity index (χ3n) is 2.88. The number of benzene rings is 1. The number of nitrogens with zero attached hydrogens (tertiary/aromatic N) is 1. The molecule has 0 fully saturated rings. The normalized spacial score (nSPS) is 12.5. The molecule has 1 rings (SSSR count). The first-order valence-electron chi connectivity index (χ1n) is 6.34. The maximum atomic E-state index is 13.5. The molecule has 1 N–H and O–H groups in total. The summed E-state index contributed by atoms with van der Waals surface area (Å²) in [6.45, 7) is 6.70. The van der Waals surface area contributed by atoms with Crippen molar-refractivity contribution in [2.45, 2.75) is 26.8 Å². The predicted octanol–water partition coefficient (Wildman–Crippen LogP) is 3.86. The van der Waals surface area contributed by atoms with Crippen LogP contribution < -0.4 is 5.32 Å². The third-order valence-corrected chi connectivity index (χ3v) is 3.17. The van der Waals surface area contributed by atoms with Crippen LogP contribution >= 0.6 is 11.6 Å². The van der Waals surface area contributed by atoms with Crippen molar-refractivity contribution in [1.82, 2.24) is 0 Å². The van der Waals surface area contributed by atoms with Crippen LogP contribution in [0.1, 0.15) is 20.8 Å². The summed E-state index contributed by atoms with van der Waals surface area (Å²) in [6.07, 6.45) is 0. The second-order valence-corrected chi connectivity index (χ2v) is 5.10. The fraction of sp³-hybridized carbons (Fsp3) is 0.538. The molecule has 7 heteroatoms. The Labute approximate surface area is 122 Å². The molecule has 0 saturated heterocycles. The van der Waals surface area contributed by atoms with E-state index in [0.29, 0.717) is 13.2 Å². The summed E-state index contributed by atoms with van der Waals surface area (Å²) in [7, 11) is 0. The van der Waals surface area contributed by atoms with Crippen LogP contribution in [-0.2, 0) is 4.74 Å². The van der Waals surface area contributed by atoms with Crippen LogP contribution in [0.25, 0.3) is 0 Å². The van der Waals surface area contributed by atoms with Crippen molar-refractivity contribution < 1.29 is 14.1 Å². The number of hydrogen-bond donors (Lipinski definition) is 1. The molecule has 0 saturated carbocycles. The Bertz CT molecular complexity index is 483. The molecule has 0 bridgehead atoms. The smallest absolute Gasteiger partial charge is 0.294 e.